The maximum absolute atomic E-state index is 13.4. The number of fused-ring (bicyclic) bond motifs is 1. The number of aromatic hydroxyl groups is 1. The quantitative estimate of drug-likeness (QED) is 0.865. The normalized spacial score (nSPS) is 15.3. The fraction of sp³-hybridized carbons (Fsp3) is 0.333. The molecular formula is C18H20FNO. The number of phenols is 1. The Morgan fingerprint density at radius 2 is 1.95 bits per heavy atom. The van der Waals surface area contributed by atoms with Gasteiger partial charge in [0.05, 0.1) is 6.04 Å². The molecule has 0 bridgehead atoms. The maximum Gasteiger partial charge on any atom is 0.123 e. The molecule has 0 heterocycles. The van der Waals surface area contributed by atoms with E-state index in [-0.39, 0.29) is 17.6 Å². The molecule has 1 atom stereocenters. The Hall–Kier alpha value is -2.03. The number of benzene rings is 2. The van der Waals surface area contributed by atoms with Gasteiger partial charge in [0.2, 0.25) is 0 Å². The van der Waals surface area contributed by atoms with E-state index in [1.807, 2.05) is 6.92 Å². The average molecular weight is 285 g/mol. The monoisotopic (exact) mass is 285 g/mol. The molecule has 0 aromatic heterocycles. The van der Waals surface area contributed by atoms with E-state index < -0.39 is 0 Å². The molecule has 2 N–H and O–H groups in total. The Morgan fingerprint density at radius 3 is 2.81 bits per heavy atom. The zero-order valence-corrected chi connectivity index (χ0v) is 12.2. The lowest BCUT2D eigenvalue weighted by molar-refractivity contribution is 0.462. The first-order valence-electron chi connectivity index (χ1n) is 7.51. The molecule has 110 valence electrons. The van der Waals surface area contributed by atoms with Crippen molar-refractivity contribution in [3.63, 3.8) is 0 Å². The first-order chi connectivity index (χ1) is 10.1. The molecule has 1 aliphatic rings. The standard InChI is InChI=1S/C18H20FNO/c1-12(16-11-14(19)9-10-18(16)21)20-17-8-4-6-13-5-2-3-7-15(13)17/h4,6,8-12,20-21H,2-3,5,7H2,1H3. The van der Waals surface area contributed by atoms with Crippen LogP contribution in [0.5, 0.6) is 5.75 Å². The summed E-state index contributed by atoms with van der Waals surface area (Å²) >= 11 is 0. The fourth-order valence-electron chi connectivity index (χ4n) is 3.10. The molecule has 21 heavy (non-hydrogen) atoms. The van der Waals surface area contributed by atoms with Crippen molar-refractivity contribution in [3.8, 4) is 5.75 Å². The van der Waals surface area contributed by atoms with Gasteiger partial charge in [-0.3, -0.25) is 0 Å². The van der Waals surface area contributed by atoms with Gasteiger partial charge in [0.1, 0.15) is 11.6 Å². The molecule has 0 saturated heterocycles. The van der Waals surface area contributed by atoms with Crippen molar-refractivity contribution < 1.29 is 9.50 Å². The van der Waals surface area contributed by atoms with Crippen LogP contribution in [-0.4, -0.2) is 5.11 Å². The van der Waals surface area contributed by atoms with Gasteiger partial charge in [-0.15, -0.1) is 0 Å². The van der Waals surface area contributed by atoms with Gasteiger partial charge in [0.25, 0.3) is 0 Å². The van der Waals surface area contributed by atoms with Crippen LogP contribution in [0.3, 0.4) is 0 Å². The zero-order chi connectivity index (χ0) is 14.8. The number of phenolic OH excluding ortho intramolecular Hbond substituents is 1. The lowest BCUT2D eigenvalue weighted by Crippen LogP contribution is -2.12. The zero-order valence-electron chi connectivity index (χ0n) is 12.2. The van der Waals surface area contributed by atoms with Gasteiger partial charge in [-0.05, 0) is 68.0 Å². The van der Waals surface area contributed by atoms with E-state index in [9.17, 15) is 9.50 Å². The highest BCUT2D eigenvalue weighted by Gasteiger charge is 2.16. The lowest BCUT2D eigenvalue weighted by atomic mass is 9.90. The SMILES string of the molecule is CC(Nc1cccc2c1CCCC2)c1cc(F)ccc1O. The van der Waals surface area contributed by atoms with Crippen LogP contribution >= 0.6 is 0 Å². The number of aryl methyl sites for hydroxylation is 1. The van der Waals surface area contributed by atoms with Crippen LogP contribution in [0.25, 0.3) is 0 Å². The molecule has 0 amide bonds. The van der Waals surface area contributed by atoms with E-state index in [0.29, 0.717) is 5.56 Å². The third-order valence-electron chi connectivity index (χ3n) is 4.22. The van der Waals surface area contributed by atoms with Crippen molar-refractivity contribution in [2.75, 3.05) is 5.32 Å². The topological polar surface area (TPSA) is 32.3 Å². The molecule has 0 spiro atoms. The first kappa shape index (κ1) is 13.9. The third kappa shape index (κ3) is 2.87. The van der Waals surface area contributed by atoms with Crippen molar-refractivity contribution in [2.45, 2.75) is 38.6 Å². The van der Waals surface area contributed by atoms with E-state index >= 15 is 0 Å². The van der Waals surface area contributed by atoms with Crippen LogP contribution in [-0.2, 0) is 12.8 Å². The van der Waals surface area contributed by atoms with Crippen molar-refractivity contribution >= 4 is 5.69 Å². The molecule has 0 fully saturated rings. The number of hydrogen-bond donors (Lipinski definition) is 2. The van der Waals surface area contributed by atoms with Crippen molar-refractivity contribution in [1.29, 1.82) is 0 Å². The number of halogens is 1. The molecule has 3 rings (SSSR count). The summed E-state index contributed by atoms with van der Waals surface area (Å²) in [5, 5.41) is 13.3. The van der Waals surface area contributed by atoms with Crippen molar-refractivity contribution in [1.82, 2.24) is 0 Å². The summed E-state index contributed by atoms with van der Waals surface area (Å²) in [6.07, 6.45) is 4.67. The number of anilines is 1. The predicted molar refractivity (Wildman–Crippen MR) is 83.2 cm³/mol. The van der Waals surface area contributed by atoms with E-state index in [1.54, 1.807) is 0 Å². The maximum atomic E-state index is 13.4. The van der Waals surface area contributed by atoms with Gasteiger partial charge in [-0.2, -0.15) is 0 Å². The molecule has 1 aliphatic carbocycles. The van der Waals surface area contributed by atoms with E-state index in [0.717, 1.165) is 18.5 Å². The van der Waals surface area contributed by atoms with Crippen LogP contribution in [0.4, 0.5) is 10.1 Å². The number of nitrogens with one attached hydrogen (secondary N) is 1. The highest BCUT2D eigenvalue weighted by atomic mass is 19.1. The second-order valence-corrected chi connectivity index (χ2v) is 5.72. The summed E-state index contributed by atoms with van der Waals surface area (Å²) in [6.45, 7) is 1.94. The Labute approximate surface area is 124 Å². The summed E-state index contributed by atoms with van der Waals surface area (Å²) in [7, 11) is 0. The van der Waals surface area contributed by atoms with E-state index in [2.05, 4.69) is 23.5 Å². The predicted octanol–water partition coefficient (Wildman–Crippen LogP) is 4.58. The van der Waals surface area contributed by atoms with Crippen LogP contribution in [0.1, 0.15) is 42.5 Å². The van der Waals surface area contributed by atoms with E-state index in [1.165, 1.54) is 42.2 Å². The first-order valence-corrected chi connectivity index (χ1v) is 7.51. The van der Waals surface area contributed by atoms with Crippen LogP contribution < -0.4 is 5.32 Å². The molecular weight excluding hydrogens is 265 g/mol. The summed E-state index contributed by atoms with van der Waals surface area (Å²) < 4.78 is 13.4. The highest BCUT2D eigenvalue weighted by molar-refractivity contribution is 5.57. The molecule has 2 aromatic rings. The Morgan fingerprint density at radius 1 is 1.14 bits per heavy atom. The van der Waals surface area contributed by atoms with Gasteiger partial charge in [0.15, 0.2) is 0 Å². The smallest absolute Gasteiger partial charge is 0.123 e. The second-order valence-electron chi connectivity index (χ2n) is 5.72. The second kappa shape index (κ2) is 5.76. The van der Waals surface area contributed by atoms with E-state index in [4.69, 9.17) is 0 Å². The Balaban J connectivity index is 1.88. The minimum atomic E-state index is -0.327. The number of hydrogen-bond acceptors (Lipinski definition) is 2. The summed E-state index contributed by atoms with van der Waals surface area (Å²) in [5.74, 6) is -0.201. The molecule has 2 nitrogen and oxygen atoms in total. The van der Waals surface area contributed by atoms with Crippen LogP contribution in [0.2, 0.25) is 0 Å². The average Bonchev–Trinajstić information content (AvgIpc) is 2.50. The minimum Gasteiger partial charge on any atom is -0.508 e. The Kier molecular flexibility index (Phi) is 3.82. The van der Waals surface area contributed by atoms with Gasteiger partial charge >= 0.3 is 0 Å². The number of rotatable bonds is 3. The highest BCUT2D eigenvalue weighted by Crippen LogP contribution is 2.32. The largest absolute Gasteiger partial charge is 0.508 e. The molecule has 0 aliphatic heterocycles. The van der Waals surface area contributed by atoms with Gasteiger partial charge < -0.3 is 10.4 Å². The third-order valence-corrected chi connectivity index (χ3v) is 4.22. The van der Waals surface area contributed by atoms with Crippen LogP contribution in [0, 0.1) is 5.82 Å². The molecule has 3 heteroatoms. The molecule has 2 aromatic carbocycles. The fourth-order valence-corrected chi connectivity index (χ4v) is 3.10. The summed E-state index contributed by atoms with van der Waals surface area (Å²) in [6, 6.07) is 10.2. The van der Waals surface area contributed by atoms with Crippen molar-refractivity contribution in [2.24, 2.45) is 0 Å². The molecule has 0 saturated carbocycles. The Bertz CT molecular complexity index is 654. The minimum absolute atomic E-state index is 0.126. The van der Waals surface area contributed by atoms with Gasteiger partial charge in [-0.1, -0.05) is 12.1 Å². The molecule has 1 unspecified atom stereocenters. The van der Waals surface area contributed by atoms with Gasteiger partial charge in [0, 0.05) is 11.3 Å². The summed E-state index contributed by atoms with van der Waals surface area (Å²) in [4.78, 5) is 0. The van der Waals surface area contributed by atoms with Crippen molar-refractivity contribution in [3.05, 3.63) is 58.9 Å². The molecule has 0 radical (unpaired) electrons. The lowest BCUT2D eigenvalue weighted by Gasteiger charge is -2.23. The summed E-state index contributed by atoms with van der Waals surface area (Å²) in [5.41, 5.74) is 4.46. The van der Waals surface area contributed by atoms with Gasteiger partial charge in [-0.25, -0.2) is 4.39 Å². The van der Waals surface area contributed by atoms with Crippen LogP contribution in [0.15, 0.2) is 36.4 Å².